The fraction of sp³-hybridized carbons (Fsp3) is 0.724. The Morgan fingerprint density at radius 1 is 1.00 bits per heavy atom. The molecule has 3 rings (SSSR count). The van der Waals surface area contributed by atoms with Gasteiger partial charge in [-0.25, -0.2) is 0 Å². The van der Waals surface area contributed by atoms with E-state index in [2.05, 4.69) is 37.9 Å². The van der Waals surface area contributed by atoms with E-state index in [1.54, 1.807) is 26.4 Å². The van der Waals surface area contributed by atoms with Gasteiger partial charge in [0.05, 0.1) is 13.7 Å². The number of nitrogens with one attached hydrogen (secondary N) is 1. The minimum Gasteiger partial charge on any atom is -0.493 e. The summed E-state index contributed by atoms with van der Waals surface area (Å²) in [7, 11) is 3.26. The number of amides is 2. The predicted molar refractivity (Wildman–Crippen MR) is 145 cm³/mol. The number of methoxy groups -OCH3 is 2. The molecule has 0 bridgehead atoms. The van der Waals surface area contributed by atoms with E-state index < -0.39 is 0 Å². The molecule has 8 heteroatoms. The zero-order valence-corrected chi connectivity index (χ0v) is 23.6. The first kappa shape index (κ1) is 29.2. The third kappa shape index (κ3) is 8.34. The maximum absolute atomic E-state index is 13.7. The van der Waals surface area contributed by atoms with Crippen LogP contribution in [0.5, 0.6) is 11.5 Å². The molecule has 1 heterocycles. The third-order valence-electron chi connectivity index (χ3n) is 7.23. The summed E-state index contributed by atoms with van der Waals surface area (Å²) in [6.07, 6.45) is 2.80. The van der Waals surface area contributed by atoms with Gasteiger partial charge in [0.25, 0.3) is 5.91 Å². The highest BCUT2D eigenvalue weighted by molar-refractivity contribution is 5.95. The molecule has 1 N–H and O–H groups in total. The van der Waals surface area contributed by atoms with Gasteiger partial charge in [-0.15, -0.1) is 0 Å². The molecule has 0 spiro atoms. The van der Waals surface area contributed by atoms with Crippen LogP contribution in [0.2, 0.25) is 0 Å². The zero-order chi connectivity index (χ0) is 26.9. The summed E-state index contributed by atoms with van der Waals surface area (Å²) in [6.45, 7) is 13.5. The van der Waals surface area contributed by atoms with Crippen LogP contribution in [0, 0.1) is 23.7 Å². The Kier molecular flexibility index (Phi) is 11.1. The van der Waals surface area contributed by atoms with Gasteiger partial charge in [-0.1, -0.05) is 13.8 Å². The first-order valence-corrected chi connectivity index (χ1v) is 13.8. The second-order valence-corrected chi connectivity index (χ2v) is 11.2. The van der Waals surface area contributed by atoms with Gasteiger partial charge in [0, 0.05) is 70.4 Å². The number of rotatable bonds is 15. The van der Waals surface area contributed by atoms with Crippen molar-refractivity contribution in [2.45, 2.75) is 53.0 Å². The molecule has 0 radical (unpaired) electrons. The van der Waals surface area contributed by atoms with Crippen molar-refractivity contribution in [2.24, 2.45) is 23.7 Å². The summed E-state index contributed by atoms with van der Waals surface area (Å²) in [6, 6.07) is 5.43. The SMILES string of the molecule is COCCCOc1cc(C(=O)N(CC2CNCC2CN(CC(C)C)C(=O)C2CC2)C(C)C)ccc1OC. The van der Waals surface area contributed by atoms with Crippen LogP contribution in [0.1, 0.15) is 57.3 Å². The summed E-state index contributed by atoms with van der Waals surface area (Å²) in [5.41, 5.74) is 0.587. The summed E-state index contributed by atoms with van der Waals surface area (Å²) >= 11 is 0. The van der Waals surface area contributed by atoms with Crippen LogP contribution in [-0.2, 0) is 9.53 Å². The molecule has 1 saturated heterocycles. The van der Waals surface area contributed by atoms with Gasteiger partial charge in [-0.05, 0) is 62.6 Å². The summed E-state index contributed by atoms with van der Waals surface area (Å²) in [5.74, 6) is 2.74. The number of benzene rings is 1. The molecule has 1 aromatic carbocycles. The minimum absolute atomic E-state index is 0.0156. The van der Waals surface area contributed by atoms with E-state index in [0.717, 1.165) is 45.4 Å². The lowest BCUT2D eigenvalue weighted by atomic mass is 9.93. The first-order valence-electron chi connectivity index (χ1n) is 13.8. The molecule has 2 atom stereocenters. The fourth-order valence-electron chi connectivity index (χ4n) is 5.04. The van der Waals surface area contributed by atoms with Gasteiger partial charge in [-0.3, -0.25) is 9.59 Å². The molecule has 2 amide bonds. The van der Waals surface area contributed by atoms with Crippen LogP contribution in [-0.4, -0.2) is 87.8 Å². The maximum atomic E-state index is 13.7. The van der Waals surface area contributed by atoms with Crippen LogP contribution in [0.3, 0.4) is 0 Å². The van der Waals surface area contributed by atoms with Crippen LogP contribution < -0.4 is 14.8 Å². The molecule has 2 unspecified atom stereocenters. The number of ether oxygens (including phenoxy) is 3. The van der Waals surface area contributed by atoms with E-state index in [9.17, 15) is 9.59 Å². The molecule has 208 valence electrons. The number of hydrogen-bond donors (Lipinski definition) is 1. The molecule has 2 fully saturated rings. The normalized spacial score (nSPS) is 19.4. The highest BCUT2D eigenvalue weighted by Gasteiger charge is 2.37. The Hall–Kier alpha value is -2.32. The molecule has 37 heavy (non-hydrogen) atoms. The quantitative estimate of drug-likeness (QED) is 0.358. The third-order valence-corrected chi connectivity index (χ3v) is 7.23. The standard InChI is InChI=1S/C29H47N3O5/c1-20(2)17-31(28(33)22-8-9-22)18-24-15-30-16-25(24)19-32(21(3)4)29(34)23-10-11-26(36-6)27(14-23)37-13-7-12-35-5/h10-11,14,20-22,24-25,30H,7-9,12-13,15-19H2,1-6H3. The van der Waals surface area contributed by atoms with Crippen molar-refractivity contribution in [1.29, 1.82) is 0 Å². The lowest BCUT2D eigenvalue weighted by Gasteiger charge is -2.34. The Balaban J connectivity index is 1.70. The number of hydrogen-bond acceptors (Lipinski definition) is 6. The van der Waals surface area contributed by atoms with Crippen molar-refractivity contribution in [2.75, 3.05) is 60.2 Å². The van der Waals surface area contributed by atoms with Crippen molar-refractivity contribution < 1.29 is 23.8 Å². The van der Waals surface area contributed by atoms with Gasteiger partial charge >= 0.3 is 0 Å². The second-order valence-electron chi connectivity index (χ2n) is 11.2. The Morgan fingerprint density at radius 3 is 2.30 bits per heavy atom. The topological polar surface area (TPSA) is 80.3 Å². The Morgan fingerprint density at radius 2 is 1.70 bits per heavy atom. The highest BCUT2D eigenvalue weighted by Crippen LogP contribution is 2.33. The Labute approximate surface area is 223 Å². The molecule has 1 saturated carbocycles. The van der Waals surface area contributed by atoms with Crippen molar-refractivity contribution >= 4 is 11.8 Å². The predicted octanol–water partition coefficient (Wildman–Crippen LogP) is 3.69. The minimum atomic E-state index is -0.0156. The number of carbonyl (C=O) groups excluding carboxylic acids is 2. The van der Waals surface area contributed by atoms with Crippen LogP contribution in [0.15, 0.2) is 18.2 Å². The summed E-state index contributed by atoms with van der Waals surface area (Å²) in [5, 5.41) is 3.52. The molecule has 8 nitrogen and oxygen atoms in total. The summed E-state index contributed by atoms with van der Waals surface area (Å²) < 4.78 is 16.5. The molecular formula is C29H47N3O5. The second kappa shape index (κ2) is 14.0. The van der Waals surface area contributed by atoms with Gasteiger partial charge < -0.3 is 29.3 Å². The van der Waals surface area contributed by atoms with Crippen molar-refractivity contribution in [1.82, 2.24) is 15.1 Å². The van der Waals surface area contributed by atoms with E-state index in [0.29, 0.717) is 54.6 Å². The monoisotopic (exact) mass is 517 g/mol. The lowest BCUT2D eigenvalue weighted by Crippen LogP contribution is -2.45. The van der Waals surface area contributed by atoms with E-state index in [1.807, 2.05) is 11.0 Å². The van der Waals surface area contributed by atoms with Crippen LogP contribution >= 0.6 is 0 Å². The van der Waals surface area contributed by atoms with Crippen molar-refractivity contribution in [3.05, 3.63) is 23.8 Å². The molecule has 1 aliphatic carbocycles. The average Bonchev–Trinajstić information content (AvgIpc) is 3.63. The van der Waals surface area contributed by atoms with Gasteiger partial charge in [-0.2, -0.15) is 0 Å². The average molecular weight is 518 g/mol. The molecule has 1 aromatic rings. The fourth-order valence-corrected chi connectivity index (χ4v) is 5.04. The largest absolute Gasteiger partial charge is 0.493 e. The molecule has 0 aromatic heterocycles. The van der Waals surface area contributed by atoms with E-state index in [1.165, 1.54) is 0 Å². The highest BCUT2D eigenvalue weighted by atomic mass is 16.5. The Bertz CT molecular complexity index is 886. The molecule has 2 aliphatic rings. The number of carbonyl (C=O) groups is 2. The zero-order valence-electron chi connectivity index (χ0n) is 23.6. The number of nitrogens with zero attached hydrogens (tertiary/aromatic N) is 2. The molecular weight excluding hydrogens is 470 g/mol. The van der Waals surface area contributed by atoms with Crippen molar-refractivity contribution in [3.8, 4) is 11.5 Å². The van der Waals surface area contributed by atoms with E-state index >= 15 is 0 Å². The smallest absolute Gasteiger partial charge is 0.254 e. The van der Waals surface area contributed by atoms with Gasteiger partial charge in [0.15, 0.2) is 11.5 Å². The van der Waals surface area contributed by atoms with E-state index in [-0.39, 0.29) is 23.8 Å². The molecule has 1 aliphatic heterocycles. The summed E-state index contributed by atoms with van der Waals surface area (Å²) in [4.78, 5) is 30.7. The van der Waals surface area contributed by atoms with Gasteiger partial charge in [0.2, 0.25) is 5.91 Å². The van der Waals surface area contributed by atoms with E-state index in [4.69, 9.17) is 14.2 Å². The first-order chi connectivity index (χ1) is 17.7. The van der Waals surface area contributed by atoms with Crippen LogP contribution in [0.4, 0.5) is 0 Å². The maximum Gasteiger partial charge on any atom is 0.254 e. The van der Waals surface area contributed by atoms with Crippen LogP contribution in [0.25, 0.3) is 0 Å². The lowest BCUT2D eigenvalue weighted by molar-refractivity contribution is -0.133. The van der Waals surface area contributed by atoms with Crippen molar-refractivity contribution in [3.63, 3.8) is 0 Å². The van der Waals surface area contributed by atoms with Gasteiger partial charge in [0.1, 0.15) is 0 Å².